The molecule has 0 aliphatic rings. The molecule has 0 amide bonds. The number of nitrogens with zero attached hydrogens (tertiary/aromatic N) is 2. The molecule has 0 atom stereocenters. The van der Waals surface area contributed by atoms with Crippen molar-refractivity contribution in [2.24, 2.45) is 0 Å². The normalized spacial score (nSPS) is 10.2. The fraction of sp³-hybridized carbons (Fsp3) is 0.500. The zero-order valence-electron chi connectivity index (χ0n) is 7.46. The van der Waals surface area contributed by atoms with Gasteiger partial charge in [0.2, 0.25) is 0 Å². The molecular formula is C8H14N4. The molecule has 0 aromatic carbocycles. The van der Waals surface area contributed by atoms with Crippen molar-refractivity contribution >= 4 is 0 Å². The standard InChI is InChI=1S/C8H14N4/c1-9-4-7-3-8(5-10-2)12-6-11-7/h3,6,9-10H,4-5H2,1-2H3. The maximum absolute atomic E-state index is 4.11. The van der Waals surface area contributed by atoms with E-state index in [4.69, 9.17) is 0 Å². The predicted octanol–water partition coefficient (Wildman–Crippen LogP) is -0.0846. The van der Waals surface area contributed by atoms with E-state index < -0.39 is 0 Å². The average molecular weight is 166 g/mol. The summed E-state index contributed by atoms with van der Waals surface area (Å²) in [6.45, 7) is 1.58. The molecule has 1 aromatic rings. The van der Waals surface area contributed by atoms with Crippen LogP contribution >= 0.6 is 0 Å². The molecule has 0 aliphatic heterocycles. The highest BCUT2D eigenvalue weighted by molar-refractivity contribution is 5.07. The van der Waals surface area contributed by atoms with Crippen molar-refractivity contribution in [3.05, 3.63) is 23.8 Å². The van der Waals surface area contributed by atoms with Crippen molar-refractivity contribution in [2.75, 3.05) is 14.1 Å². The van der Waals surface area contributed by atoms with Gasteiger partial charge in [-0.25, -0.2) is 9.97 Å². The SMILES string of the molecule is CNCc1cc(CNC)ncn1. The van der Waals surface area contributed by atoms with Crippen LogP contribution in [0, 0.1) is 0 Å². The first-order valence-corrected chi connectivity index (χ1v) is 3.96. The third-order valence-corrected chi connectivity index (χ3v) is 1.50. The van der Waals surface area contributed by atoms with E-state index in [0.717, 1.165) is 24.5 Å². The zero-order valence-corrected chi connectivity index (χ0v) is 7.46. The number of hydrogen-bond donors (Lipinski definition) is 2. The molecule has 4 nitrogen and oxygen atoms in total. The van der Waals surface area contributed by atoms with Crippen LogP contribution in [0.25, 0.3) is 0 Å². The fourth-order valence-electron chi connectivity index (χ4n) is 1.000. The van der Waals surface area contributed by atoms with Crippen LogP contribution in [0.2, 0.25) is 0 Å². The van der Waals surface area contributed by atoms with Crippen LogP contribution in [0.15, 0.2) is 12.4 Å². The lowest BCUT2D eigenvalue weighted by atomic mass is 10.3. The summed E-state index contributed by atoms with van der Waals surface area (Å²) in [5, 5.41) is 6.09. The zero-order chi connectivity index (χ0) is 8.81. The Bertz CT molecular complexity index is 215. The summed E-state index contributed by atoms with van der Waals surface area (Å²) in [5.74, 6) is 0. The minimum absolute atomic E-state index is 0.791. The highest BCUT2D eigenvalue weighted by Gasteiger charge is 1.95. The lowest BCUT2D eigenvalue weighted by Gasteiger charge is -2.01. The Labute approximate surface area is 72.4 Å². The van der Waals surface area contributed by atoms with Crippen LogP contribution in [0.5, 0.6) is 0 Å². The van der Waals surface area contributed by atoms with Crippen molar-refractivity contribution in [1.82, 2.24) is 20.6 Å². The van der Waals surface area contributed by atoms with Crippen LogP contribution in [0.1, 0.15) is 11.4 Å². The molecule has 0 unspecified atom stereocenters. The van der Waals surface area contributed by atoms with Crippen LogP contribution in [0.4, 0.5) is 0 Å². The molecule has 4 heteroatoms. The van der Waals surface area contributed by atoms with Crippen LogP contribution < -0.4 is 10.6 Å². The molecule has 0 saturated heterocycles. The highest BCUT2D eigenvalue weighted by Crippen LogP contribution is 1.96. The van der Waals surface area contributed by atoms with E-state index in [2.05, 4.69) is 20.6 Å². The Hall–Kier alpha value is -1.00. The molecule has 66 valence electrons. The Balaban J connectivity index is 2.67. The largest absolute Gasteiger partial charge is 0.314 e. The number of hydrogen-bond acceptors (Lipinski definition) is 4. The average Bonchev–Trinajstić information content (AvgIpc) is 2.06. The van der Waals surface area contributed by atoms with Gasteiger partial charge in [-0.15, -0.1) is 0 Å². The first kappa shape index (κ1) is 9.09. The number of aromatic nitrogens is 2. The first-order valence-electron chi connectivity index (χ1n) is 3.96. The molecule has 0 radical (unpaired) electrons. The van der Waals surface area contributed by atoms with Gasteiger partial charge in [-0.2, -0.15) is 0 Å². The molecule has 1 rings (SSSR count). The smallest absolute Gasteiger partial charge is 0.116 e. The molecule has 1 aromatic heterocycles. The topological polar surface area (TPSA) is 49.8 Å². The Kier molecular flexibility index (Phi) is 3.63. The lowest BCUT2D eigenvalue weighted by Crippen LogP contribution is -2.11. The van der Waals surface area contributed by atoms with Crippen LogP contribution in [-0.4, -0.2) is 24.1 Å². The van der Waals surface area contributed by atoms with Gasteiger partial charge in [-0.3, -0.25) is 0 Å². The summed E-state index contributed by atoms with van der Waals surface area (Å²) in [7, 11) is 3.81. The minimum atomic E-state index is 0.791. The van der Waals surface area contributed by atoms with Gasteiger partial charge in [0.1, 0.15) is 6.33 Å². The third kappa shape index (κ3) is 2.56. The summed E-state index contributed by atoms with van der Waals surface area (Å²) in [4.78, 5) is 8.22. The predicted molar refractivity (Wildman–Crippen MR) is 47.6 cm³/mol. The van der Waals surface area contributed by atoms with Gasteiger partial charge in [0.15, 0.2) is 0 Å². The molecule has 0 saturated carbocycles. The minimum Gasteiger partial charge on any atom is -0.314 e. The maximum Gasteiger partial charge on any atom is 0.116 e. The molecule has 0 fully saturated rings. The van der Waals surface area contributed by atoms with Gasteiger partial charge in [-0.1, -0.05) is 0 Å². The van der Waals surface area contributed by atoms with E-state index in [1.807, 2.05) is 20.2 Å². The first-order chi connectivity index (χ1) is 5.86. The van der Waals surface area contributed by atoms with Gasteiger partial charge in [-0.05, 0) is 20.2 Å². The quantitative estimate of drug-likeness (QED) is 0.656. The summed E-state index contributed by atoms with van der Waals surface area (Å²) < 4.78 is 0. The van der Waals surface area contributed by atoms with E-state index in [1.54, 1.807) is 6.33 Å². The van der Waals surface area contributed by atoms with Gasteiger partial charge >= 0.3 is 0 Å². The van der Waals surface area contributed by atoms with E-state index >= 15 is 0 Å². The fourth-order valence-corrected chi connectivity index (χ4v) is 1.000. The van der Waals surface area contributed by atoms with Crippen LogP contribution in [0.3, 0.4) is 0 Å². The number of nitrogens with one attached hydrogen (secondary N) is 2. The summed E-state index contributed by atoms with van der Waals surface area (Å²) in [6, 6.07) is 1.99. The second-order valence-corrected chi connectivity index (χ2v) is 2.56. The maximum atomic E-state index is 4.11. The van der Waals surface area contributed by atoms with Crippen molar-refractivity contribution in [2.45, 2.75) is 13.1 Å². The molecule has 0 aliphatic carbocycles. The van der Waals surface area contributed by atoms with Gasteiger partial charge in [0, 0.05) is 13.1 Å². The van der Waals surface area contributed by atoms with Gasteiger partial charge in [0.05, 0.1) is 11.4 Å². The van der Waals surface area contributed by atoms with Crippen molar-refractivity contribution < 1.29 is 0 Å². The third-order valence-electron chi connectivity index (χ3n) is 1.50. The Morgan fingerprint density at radius 3 is 2.00 bits per heavy atom. The van der Waals surface area contributed by atoms with Crippen molar-refractivity contribution in [3.63, 3.8) is 0 Å². The van der Waals surface area contributed by atoms with E-state index in [1.165, 1.54) is 0 Å². The van der Waals surface area contributed by atoms with E-state index in [-0.39, 0.29) is 0 Å². The molecule has 2 N–H and O–H groups in total. The molecule has 0 bridgehead atoms. The summed E-state index contributed by atoms with van der Waals surface area (Å²) in [6.07, 6.45) is 1.60. The van der Waals surface area contributed by atoms with Gasteiger partial charge < -0.3 is 10.6 Å². The monoisotopic (exact) mass is 166 g/mol. The second-order valence-electron chi connectivity index (χ2n) is 2.56. The Morgan fingerprint density at radius 2 is 1.58 bits per heavy atom. The van der Waals surface area contributed by atoms with E-state index in [9.17, 15) is 0 Å². The molecule has 1 heterocycles. The molecular weight excluding hydrogens is 152 g/mol. The highest BCUT2D eigenvalue weighted by atomic mass is 14.9. The second kappa shape index (κ2) is 4.79. The molecule has 12 heavy (non-hydrogen) atoms. The van der Waals surface area contributed by atoms with Crippen molar-refractivity contribution in [1.29, 1.82) is 0 Å². The van der Waals surface area contributed by atoms with Gasteiger partial charge in [0.25, 0.3) is 0 Å². The lowest BCUT2D eigenvalue weighted by molar-refractivity contribution is 0.752. The number of rotatable bonds is 4. The summed E-state index contributed by atoms with van der Waals surface area (Å²) in [5.41, 5.74) is 2.05. The Morgan fingerprint density at radius 1 is 1.08 bits per heavy atom. The van der Waals surface area contributed by atoms with Crippen LogP contribution in [-0.2, 0) is 13.1 Å². The van der Waals surface area contributed by atoms with E-state index in [0.29, 0.717) is 0 Å². The molecule has 0 spiro atoms. The van der Waals surface area contributed by atoms with Crippen molar-refractivity contribution in [3.8, 4) is 0 Å². The summed E-state index contributed by atoms with van der Waals surface area (Å²) >= 11 is 0.